The zero-order chi connectivity index (χ0) is 24.6. The molecule has 0 saturated carbocycles. The second-order valence-electron chi connectivity index (χ2n) is 8.61. The van der Waals surface area contributed by atoms with Crippen LogP contribution in [0.2, 0.25) is 0 Å². The number of rotatable bonds is 9. The fourth-order valence-electron chi connectivity index (χ4n) is 4.39. The van der Waals surface area contributed by atoms with Gasteiger partial charge in [-0.2, -0.15) is 0 Å². The Balaban J connectivity index is 1.17. The molecule has 0 saturated heterocycles. The van der Waals surface area contributed by atoms with Crippen LogP contribution in [-0.4, -0.2) is 43.6 Å². The van der Waals surface area contributed by atoms with Gasteiger partial charge < -0.3 is 20.7 Å². The number of nitrogens with one attached hydrogen (secondary N) is 3. The van der Waals surface area contributed by atoms with Crippen molar-refractivity contribution in [2.24, 2.45) is 0 Å². The normalized spacial score (nSPS) is 12.7. The molecule has 3 aromatic carbocycles. The standard InChI is InChI=1S/C28H29N3O4/c1-19(15-20-9-3-2-4-10-20)31-27(33)17-29-26(32)16-30-28(34)35-18-25-23-13-7-5-11-21(23)22-12-6-8-14-24(22)25/h2-14,19,25H,15-18H2,1H3,(H,29,32)(H,30,34)(H,31,33). The fourth-order valence-corrected chi connectivity index (χ4v) is 4.39. The largest absolute Gasteiger partial charge is 0.449 e. The predicted molar refractivity (Wildman–Crippen MR) is 134 cm³/mol. The molecule has 1 atom stereocenters. The number of carbonyl (C=O) groups excluding carboxylic acids is 3. The Labute approximate surface area is 204 Å². The van der Waals surface area contributed by atoms with Crippen molar-refractivity contribution < 1.29 is 19.1 Å². The fraction of sp³-hybridized carbons (Fsp3) is 0.250. The van der Waals surface area contributed by atoms with E-state index in [2.05, 4.69) is 28.1 Å². The summed E-state index contributed by atoms with van der Waals surface area (Å²) in [6.45, 7) is 1.64. The molecule has 0 aliphatic heterocycles. The van der Waals surface area contributed by atoms with Gasteiger partial charge in [-0.3, -0.25) is 9.59 Å². The van der Waals surface area contributed by atoms with Gasteiger partial charge in [0.05, 0.1) is 6.54 Å². The summed E-state index contributed by atoms with van der Waals surface area (Å²) >= 11 is 0. The van der Waals surface area contributed by atoms with E-state index in [1.807, 2.05) is 73.7 Å². The molecule has 0 fully saturated rings. The maximum atomic E-state index is 12.2. The molecule has 35 heavy (non-hydrogen) atoms. The van der Waals surface area contributed by atoms with E-state index in [9.17, 15) is 14.4 Å². The van der Waals surface area contributed by atoms with Crippen LogP contribution in [0.15, 0.2) is 78.9 Å². The van der Waals surface area contributed by atoms with Crippen molar-refractivity contribution in [3.05, 3.63) is 95.6 Å². The molecular weight excluding hydrogens is 442 g/mol. The Bertz CT molecular complexity index is 1150. The van der Waals surface area contributed by atoms with Gasteiger partial charge in [0.2, 0.25) is 11.8 Å². The highest BCUT2D eigenvalue weighted by atomic mass is 16.5. The molecule has 0 spiro atoms. The van der Waals surface area contributed by atoms with Crippen LogP contribution in [0.1, 0.15) is 29.5 Å². The first-order chi connectivity index (χ1) is 17.0. The Kier molecular flexibility index (Phi) is 7.77. The molecule has 3 aromatic rings. The summed E-state index contributed by atoms with van der Waals surface area (Å²) in [5, 5.41) is 7.81. The van der Waals surface area contributed by atoms with E-state index in [-0.39, 0.29) is 37.6 Å². The van der Waals surface area contributed by atoms with Crippen molar-refractivity contribution >= 4 is 17.9 Å². The van der Waals surface area contributed by atoms with Crippen LogP contribution in [0.25, 0.3) is 11.1 Å². The third kappa shape index (κ3) is 6.26. The quantitative estimate of drug-likeness (QED) is 0.446. The van der Waals surface area contributed by atoms with E-state index in [1.54, 1.807) is 0 Å². The summed E-state index contributed by atoms with van der Waals surface area (Å²) in [5.74, 6) is -0.809. The molecule has 3 amide bonds. The third-order valence-corrected chi connectivity index (χ3v) is 5.98. The summed E-state index contributed by atoms with van der Waals surface area (Å²) in [7, 11) is 0. The molecule has 0 radical (unpaired) electrons. The van der Waals surface area contributed by atoms with Crippen LogP contribution in [0.5, 0.6) is 0 Å². The number of carbonyl (C=O) groups is 3. The number of benzene rings is 3. The third-order valence-electron chi connectivity index (χ3n) is 5.98. The highest BCUT2D eigenvalue weighted by Crippen LogP contribution is 2.44. The lowest BCUT2D eigenvalue weighted by Gasteiger charge is -2.15. The van der Waals surface area contributed by atoms with E-state index < -0.39 is 12.0 Å². The van der Waals surface area contributed by atoms with Gasteiger partial charge in [0.1, 0.15) is 13.2 Å². The van der Waals surface area contributed by atoms with Crippen LogP contribution < -0.4 is 16.0 Å². The van der Waals surface area contributed by atoms with Crippen molar-refractivity contribution in [1.29, 1.82) is 0 Å². The topological polar surface area (TPSA) is 96.5 Å². The minimum Gasteiger partial charge on any atom is -0.449 e. The van der Waals surface area contributed by atoms with E-state index in [0.29, 0.717) is 6.42 Å². The smallest absolute Gasteiger partial charge is 0.407 e. The van der Waals surface area contributed by atoms with Gasteiger partial charge in [0.15, 0.2) is 0 Å². The molecule has 7 heteroatoms. The highest BCUT2D eigenvalue weighted by molar-refractivity contribution is 5.87. The van der Waals surface area contributed by atoms with Crippen LogP contribution in [0, 0.1) is 0 Å². The minimum atomic E-state index is -0.678. The van der Waals surface area contributed by atoms with Crippen molar-refractivity contribution in [1.82, 2.24) is 16.0 Å². The summed E-state index contributed by atoms with van der Waals surface area (Å²) < 4.78 is 5.42. The molecule has 3 N–H and O–H groups in total. The average Bonchev–Trinajstić information content (AvgIpc) is 3.19. The first kappa shape index (κ1) is 24.0. The maximum absolute atomic E-state index is 12.2. The van der Waals surface area contributed by atoms with Crippen molar-refractivity contribution in [2.45, 2.75) is 25.3 Å². The van der Waals surface area contributed by atoms with E-state index in [1.165, 1.54) is 0 Å². The molecule has 0 bridgehead atoms. The van der Waals surface area contributed by atoms with E-state index in [4.69, 9.17) is 4.74 Å². The molecule has 7 nitrogen and oxygen atoms in total. The first-order valence-electron chi connectivity index (χ1n) is 11.7. The summed E-state index contributed by atoms with van der Waals surface area (Å²) in [6, 6.07) is 25.9. The molecule has 180 valence electrons. The number of hydrogen-bond acceptors (Lipinski definition) is 4. The van der Waals surface area contributed by atoms with Gasteiger partial charge >= 0.3 is 6.09 Å². The average molecular weight is 472 g/mol. The zero-order valence-electron chi connectivity index (χ0n) is 19.6. The van der Waals surface area contributed by atoms with Crippen molar-refractivity contribution in [2.75, 3.05) is 19.7 Å². The molecule has 0 heterocycles. The summed E-state index contributed by atoms with van der Waals surface area (Å²) in [6.07, 6.45) is 0.0205. The van der Waals surface area contributed by atoms with Crippen LogP contribution in [-0.2, 0) is 20.7 Å². The van der Waals surface area contributed by atoms with Gasteiger partial charge in [-0.05, 0) is 41.2 Å². The van der Waals surface area contributed by atoms with Crippen LogP contribution >= 0.6 is 0 Å². The Hall–Kier alpha value is -4.13. The number of fused-ring (bicyclic) bond motifs is 3. The van der Waals surface area contributed by atoms with Crippen LogP contribution in [0.4, 0.5) is 4.79 Å². The van der Waals surface area contributed by atoms with Gasteiger partial charge in [-0.15, -0.1) is 0 Å². The second kappa shape index (κ2) is 11.3. The number of alkyl carbamates (subject to hydrolysis) is 1. The molecule has 1 aliphatic rings. The lowest BCUT2D eigenvalue weighted by Crippen LogP contribution is -2.44. The Morgan fingerprint density at radius 3 is 2.00 bits per heavy atom. The molecule has 0 aromatic heterocycles. The number of ether oxygens (including phenoxy) is 1. The minimum absolute atomic E-state index is 0.0523. The van der Waals surface area contributed by atoms with Crippen molar-refractivity contribution in [3.63, 3.8) is 0 Å². The van der Waals surface area contributed by atoms with Gasteiger partial charge in [-0.25, -0.2) is 4.79 Å². The summed E-state index contributed by atoms with van der Waals surface area (Å²) in [5.41, 5.74) is 5.65. The maximum Gasteiger partial charge on any atom is 0.407 e. The first-order valence-corrected chi connectivity index (χ1v) is 11.7. The Morgan fingerprint density at radius 1 is 0.771 bits per heavy atom. The van der Waals surface area contributed by atoms with Gasteiger partial charge in [-0.1, -0.05) is 78.9 Å². The number of hydrogen-bond donors (Lipinski definition) is 3. The lowest BCUT2D eigenvalue weighted by atomic mass is 9.98. The highest BCUT2D eigenvalue weighted by Gasteiger charge is 2.29. The monoisotopic (exact) mass is 471 g/mol. The molecule has 1 aliphatic carbocycles. The molecule has 4 rings (SSSR count). The zero-order valence-corrected chi connectivity index (χ0v) is 19.6. The summed E-state index contributed by atoms with van der Waals surface area (Å²) in [4.78, 5) is 36.3. The van der Waals surface area contributed by atoms with Gasteiger partial charge in [0.25, 0.3) is 0 Å². The van der Waals surface area contributed by atoms with E-state index in [0.717, 1.165) is 27.8 Å². The molecular formula is C28H29N3O4. The number of amides is 3. The van der Waals surface area contributed by atoms with E-state index >= 15 is 0 Å². The lowest BCUT2D eigenvalue weighted by molar-refractivity contribution is -0.125. The molecule has 1 unspecified atom stereocenters. The second-order valence-corrected chi connectivity index (χ2v) is 8.61. The van der Waals surface area contributed by atoms with Crippen LogP contribution in [0.3, 0.4) is 0 Å². The SMILES string of the molecule is CC(Cc1ccccc1)NC(=O)CNC(=O)CNC(=O)OCC1c2ccccc2-c2ccccc21. The Morgan fingerprint density at radius 2 is 1.34 bits per heavy atom. The predicted octanol–water partition coefficient (Wildman–Crippen LogP) is 3.39. The van der Waals surface area contributed by atoms with Gasteiger partial charge in [0, 0.05) is 12.0 Å². The van der Waals surface area contributed by atoms with Crippen molar-refractivity contribution in [3.8, 4) is 11.1 Å².